The third-order valence-electron chi connectivity index (χ3n) is 4.36. The predicted octanol–water partition coefficient (Wildman–Crippen LogP) is 2.84. The first-order valence-electron chi connectivity index (χ1n) is 7.55. The van der Waals surface area contributed by atoms with Crippen molar-refractivity contribution in [3.8, 4) is 0 Å². The lowest BCUT2D eigenvalue weighted by molar-refractivity contribution is 0.238. The van der Waals surface area contributed by atoms with Crippen LogP contribution in [-0.4, -0.2) is 32.9 Å². The molecule has 20 heavy (non-hydrogen) atoms. The zero-order valence-corrected chi connectivity index (χ0v) is 12.6. The Labute approximate surface area is 120 Å². The van der Waals surface area contributed by atoms with Crippen molar-refractivity contribution in [3.63, 3.8) is 0 Å². The molecule has 1 aliphatic rings. The Morgan fingerprint density at radius 3 is 2.95 bits per heavy atom. The Morgan fingerprint density at radius 1 is 1.30 bits per heavy atom. The van der Waals surface area contributed by atoms with Crippen LogP contribution in [0.25, 0.3) is 5.65 Å². The van der Waals surface area contributed by atoms with Crippen molar-refractivity contribution in [3.05, 3.63) is 18.0 Å². The smallest absolute Gasteiger partial charge is 0.178 e. The minimum atomic E-state index is 0.422. The van der Waals surface area contributed by atoms with Crippen LogP contribution in [0.4, 0.5) is 5.82 Å². The fourth-order valence-corrected chi connectivity index (χ4v) is 3.37. The number of aromatic nitrogens is 4. The molecular weight excluding hydrogens is 250 g/mol. The molecule has 1 saturated heterocycles. The molecule has 5 heteroatoms. The van der Waals surface area contributed by atoms with Crippen molar-refractivity contribution in [2.45, 2.75) is 46.5 Å². The number of hydrogen-bond donors (Lipinski definition) is 0. The molecule has 2 aromatic heterocycles. The van der Waals surface area contributed by atoms with Gasteiger partial charge in [-0.15, -0.1) is 15.3 Å². The van der Waals surface area contributed by atoms with Crippen LogP contribution >= 0.6 is 0 Å². The van der Waals surface area contributed by atoms with Gasteiger partial charge in [0.25, 0.3) is 0 Å². The number of nitrogens with zero attached hydrogens (tertiary/aromatic N) is 5. The molecule has 3 rings (SSSR count). The molecule has 0 amide bonds. The summed E-state index contributed by atoms with van der Waals surface area (Å²) in [5.41, 5.74) is 1.24. The maximum atomic E-state index is 4.70. The second kappa shape index (κ2) is 5.04. The van der Waals surface area contributed by atoms with E-state index in [1.54, 1.807) is 0 Å². The summed E-state index contributed by atoms with van der Waals surface area (Å²) in [7, 11) is 0. The minimum Gasteiger partial charge on any atom is -0.355 e. The van der Waals surface area contributed by atoms with Gasteiger partial charge in [-0.25, -0.2) is 0 Å². The van der Waals surface area contributed by atoms with E-state index in [1.807, 2.05) is 17.5 Å². The van der Waals surface area contributed by atoms with Gasteiger partial charge in [-0.1, -0.05) is 20.3 Å². The van der Waals surface area contributed by atoms with Crippen LogP contribution < -0.4 is 4.90 Å². The summed E-state index contributed by atoms with van der Waals surface area (Å²) in [6.45, 7) is 8.81. The monoisotopic (exact) mass is 273 g/mol. The third-order valence-corrected chi connectivity index (χ3v) is 4.36. The molecule has 5 nitrogen and oxygen atoms in total. The van der Waals surface area contributed by atoms with Crippen molar-refractivity contribution in [1.29, 1.82) is 0 Å². The molecule has 0 aliphatic carbocycles. The highest BCUT2D eigenvalue weighted by Gasteiger charge is 2.30. The summed E-state index contributed by atoms with van der Waals surface area (Å²) < 4.78 is 1.83. The number of rotatable bonds is 3. The average molecular weight is 273 g/mol. The average Bonchev–Trinajstić information content (AvgIpc) is 2.80. The molecule has 0 spiro atoms. The molecule has 2 aromatic rings. The van der Waals surface area contributed by atoms with Crippen LogP contribution in [0.1, 0.15) is 45.4 Å². The first-order valence-corrected chi connectivity index (χ1v) is 7.55. The van der Waals surface area contributed by atoms with Gasteiger partial charge in [0.05, 0.1) is 0 Å². The fraction of sp³-hybridized carbons (Fsp3) is 0.667. The van der Waals surface area contributed by atoms with Gasteiger partial charge in [-0.05, 0) is 43.7 Å². The standard InChI is InChI=1S/C15H23N5/c1-4-8-15(3)9-5-10-19(11-15)14-7-6-13-17-16-12(2)20(13)18-14/h6-7H,4-5,8-11H2,1-3H3. The van der Waals surface area contributed by atoms with Crippen molar-refractivity contribution in [2.75, 3.05) is 18.0 Å². The number of hydrogen-bond acceptors (Lipinski definition) is 4. The Kier molecular flexibility index (Phi) is 3.36. The van der Waals surface area contributed by atoms with Crippen molar-refractivity contribution < 1.29 is 0 Å². The summed E-state index contributed by atoms with van der Waals surface area (Å²) in [5, 5.41) is 12.9. The molecule has 0 bridgehead atoms. The van der Waals surface area contributed by atoms with E-state index >= 15 is 0 Å². The first-order chi connectivity index (χ1) is 9.61. The Bertz CT molecular complexity index is 601. The Balaban J connectivity index is 1.88. The quantitative estimate of drug-likeness (QED) is 0.862. The van der Waals surface area contributed by atoms with E-state index < -0.39 is 0 Å². The lowest BCUT2D eigenvalue weighted by Gasteiger charge is -2.41. The van der Waals surface area contributed by atoms with Gasteiger partial charge < -0.3 is 4.90 Å². The predicted molar refractivity (Wildman–Crippen MR) is 80.0 cm³/mol. The molecule has 108 valence electrons. The summed E-state index contributed by atoms with van der Waals surface area (Å²) >= 11 is 0. The largest absolute Gasteiger partial charge is 0.355 e. The van der Waals surface area contributed by atoms with Gasteiger partial charge in [-0.3, -0.25) is 0 Å². The SMILES string of the molecule is CCCC1(C)CCCN(c2ccc3nnc(C)n3n2)C1. The highest BCUT2D eigenvalue weighted by atomic mass is 15.4. The lowest BCUT2D eigenvalue weighted by atomic mass is 9.78. The van der Waals surface area contributed by atoms with E-state index in [2.05, 4.69) is 35.0 Å². The summed E-state index contributed by atoms with van der Waals surface area (Å²) in [5.74, 6) is 1.89. The van der Waals surface area contributed by atoms with E-state index in [0.29, 0.717) is 5.41 Å². The van der Waals surface area contributed by atoms with Crippen molar-refractivity contribution >= 4 is 11.5 Å². The molecule has 3 heterocycles. The fourth-order valence-electron chi connectivity index (χ4n) is 3.37. The van der Waals surface area contributed by atoms with Crippen LogP contribution in [0.15, 0.2) is 12.1 Å². The zero-order valence-electron chi connectivity index (χ0n) is 12.6. The number of piperidine rings is 1. The molecule has 1 atom stereocenters. The Hall–Kier alpha value is -1.65. The number of aryl methyl sites for hydroxylation is 1. The second-order valence-electron chi connectivity index (χ2n) is 6.29. The van der Waals surface area contributed by atoms with E-state index in [1.165, 1.54) is 25.7 Å². The van der Waals surface area contributed by atoms with Gasteiger partial charge in [-0.2, -0.15) is 4.52 Å². The van der Waals surface area contributed by atoms with E-state index in [-0.39, 0.29) is 0 Å². The summed E-state index contributed by atoms with van der Waals surface area (Å²) in [6, 6.07) is 4.08. The molecular formula is C15H23N5. The highest BCUT2D eigenvalue weighted by Crippen LogP contribution is 2.35. The first kappa shape index (κ1) is 13.3. The van der Waals surface area contributed by atoms with Crippen LogP contribution in [0, 0.1) is 12.3 Å². The molecule has 1 aliphatic heterocycles. The Morgan fingerprint density at radius 2 is 2.15 bits per heavy atom. The van der Waals surface area contributed by atoms with Crippen LogP contribution in [0.5, 0.6) is 0 Å². The van der Waals surface area contributed by atoms with E-state index in [0.717, 1.165) is 30.4 Å². The molecule has 1 fully saturated rings. The maximum absolute atomic E-state index is 4.70. The zero-order chi connectivity index (χ0) is 14.2. The van der Waals surface area contributed by atoms with Crippen molar-refractivity contribution in [1.82, 2.24) is 19.8 Å². The highest BCUT2D eigenvalue weighted by molar-refractivity contribution is 5.46. The van der Waals surface area contributed by atoms with Gasteiger partial charge >= 0.3 is 0 Å². The van der Waals surface area contributed by atoms with Crippen LogP contribution in [0.2, 0.25) is 0 Å². The molecule has 0 saturated carbocycles. The van der Waals surface area contributed by atoms with E-state index in [9.17, 15) is 0 Å². The minimum absolute atomic E-state index is 0.422. The molecule has 0 radical (unpaired) electrons. The number of fused-ring (bicyclic) bond motifs is 1. The second-order valence-corrected chi connectivity index (χ2v) is 6.29. The molecule has 0 N–H and O–H groups in total. The van der Waals surface area contributed by atoms with Gasteiger partial charge in [0, 0.05) is 13.1 Å². The van der Waals surface area contributed by atoms with Gasteiger partial charge in [0.2, 0.25) is 0 Å². The lowest BCUT2D eigenvalue weighted by Crippen LogP contribution is -2.42. The number of anilines is 1. The topological polar surface area (TPSA) is 46.3 Å². The van der Waals surface area contributed by atoms with Crippen molar-refractivity contribution in [2.24, 2.45) is 5.41 Å². The van der Waals surface area contributed by atoms with Gasteiger partial charge in [0.1, 0.15) is 5.82 Å². The molecule has 1 unspecified atom stereocenters. The van der Waals surface area contributed by atoms with Gasteiger partial charge in [0.15, 0.2) is 11.5 Å². The summed E-state index contributed by atoms with van der Waals surface area (Å²) in [6.07, 6.45) is 5.11. The normalized spacial score (nSPS) is 23.4. The summed E-state index contributed by atoms with van der Waals surface area (Å²) in [4.78, 5) is 2.41. The van der Waals surface area contributed by atoms with Crippen LogP contribution in [0.3, 0.4) is 0 Å². The molecule has 0 aromatic carbocycles. The van der Waals surface area contributed by atoms with Crippen LogP contribution in [-0.2, 0) is 0 Å². The third kappa shape index (κ3) is 2.37. The maximum Gasteiger partial charge on any atom is 0.178 e. The van der Waals surface area contributed by atoms with E-state index in [4.69, 9.17) is 5.10 Å².